The predicted molar refractivity (Wildman–Crippen MR) is 159 cm³/mol. The second-order valence-electron chi connectivity index (χ2n) is 10.8. The number of rotatable bonds is 4. The van der Waals surface area contributed by atoms with Gasteiger partial charge in [0.1, 0.15) is 23.6 Å². The highest BCUT2D eigenvalue weighted by Gasteiger charge is 2.74. The van der Waals surface area contributed by atoms with Gasteiger partial charge in [-0.25, -0.2) is 19.8 Å². The molecule has 0 aliphatic carbocycles. The number of halogens is 4. The fraction of sp³-hybridized carbons (Fsp3) is 0.200. The molecule has 4 aromatic rings. The molecule has 4 fully saturated rings. The molecule has 4 aliphatic rings. The number of carbonyl (C=O) groups excluding carboxylic acids is 4. The Morgan fingerprint density at radius 1 is 0.500 bits per heavy atom. The number of amides is 4. The van der Waals surface area contributed by atoms with Crippen molar-refractivity contribution in [2.45, 2.75) is 24.2 Å². The molecule has 0 radical (unpaired) electrons. The van der Waals surface area contributed by atoms with Gasteiger partial charge in [-0.1, -0.05) is 46.4 Å². The maximum atomic E-state index is 14.3. The minimum atomic E-state index is -1.09. The maximum Gasteiger partial charge on any atom is 0.253 e. The number of hydrazine groups is 1. The summed E-state index contributed by atoms with van der Waals surface area (Å²) in [5.41, 5.74) is 0.501. The molecule has 0 spiro atoms. The van der Waals surface area contributed by atoms with Crippen molar-refractivity contribution in [3.63, 3.8) is 0 Å². The summed E-state index contributed by atoms with van der Waals surface area (Å²) in [4.78, 5) is 59.2. The van der Waals surface area contributed by atoms with Gasteiger partial charge in [-0.05, 0) is 60.7 Å². The largest absolute Gasteiger partial charge is 0.468 e. The van der Waals surface area contributed by atoms with E-state index in [0.29, 0.717) is 11.5 Å². The van der Waals surface area contributed by atoms with E-state index >= 15 is 0 Å². The van der Waals surface area contributed by atoms with Gasteiger partial charge in [-0.2, -0.15) is 0 Å². The number of anilines is 2. The molecule has 4 amide bonds. The van der Waals surface area contributed by atoms with Gasteiger partial charge in [-0.15, -0.1) is 0 Å². The Kier molecular flexibility index (Phi) is 6.29. The fourth-order valence-corrected chi connectivity index (χ4v) is 7.65. The Labute approximate surface area is 269 Å². The SMILES string of the molecule is O=C1[C@@H]2[C@@H](C(=O)N1c1ccc(Cl)c(Cl)c1)N1[C@@H](c3ccco3)[C@H]3C(=O)N(c4ccc(Cl)c(Cl)c4)C(=O)[C@@H]3N1[C@@H]2c1ccco1. The zero-order valence-electron chi connectivity index (χ0n) is 22.1. The predicted octanol–water partition coefficient (Wildman–Crippen LogP) is 5.93. The van der Waals surface area contributed by atoms with Crippen molar-refractivity contribution in [1.82, 2.24) is 10.0 Å². The average Bonchev–Trinajstić information content (AvgIpc) is 3.82. The van der Waals surface area contributed by atoms with Crippen LogP contribution >= 0.6 is 46.4 Å². The van der Waals surface area contributed by atoms with Crippen molar-refractivity contribution in [3.05, 3.63) is 105 Å². The second kappa shape index (κ2) is 9.93. The Morgan fingerprint density at radius 2 is 0.909 bits per heavy atom. The lowest BCUT2D eigenvalue weighted by atomic mass is 9.87. The number of carbonyl (C=O) groups is 4. The van der Waals surface area contributed by atoms with Crippen LogP contribution in [0.1, 0.15) is 23.6 Å². The standard InChI is InChI=1S/C30H18Cl4N4O6/c31-15-7-5-13(11-17(15)33)35-27(39)21-23(19-3-1-9-43-19)37-26-22(24(20-4-2-10-44-20)38(37)25(21)29(35)41)28(40)36(30(26)42)14-6-8-16(32)18(34)12-14/h1-12,21-26H/t21-,22+,23+,24-,25-,26+. The van der Waals surface area contributed by atoms with Gasteiger partial charge in [0.05, 0.1) is 67.9 Å². The second-order valence-corrected chi connectivity index (χ2v) is 12.5. The van der Waals surface area contributed by atoms with E-state index in [1.165, 1.54) is 48.9 Å². The fourth-order valence-electron chi connectivity index (χ4n) is 7.07. The summed E-state index contributed by atoms with van der Waals surface area (Å²) in [6.07, 6.45) is 2.90. The van der Waals surface area contributed by atoms with Crippen LogP contribution in [0.2, 0.25) is 20.1 Å². The highest BCUT2D eigenvalue weighted by Crippen LogP contribution is 2.60. The van der Waals surface area contributed by atoms with Crippen LogP contribution in [0, 0.1) is 11.8 Å². The van der Waals surface area contributed by atoms with Crippen molar-refractivity contribution in [1.29, 1.82) is 0 Å². The van der Waals surface area contributed by atoms with Crippen molar-refractivity contribution < 1.29 is 28.0 Å². The molecule has 222 valence electrons. The van der Waals surface area contributed by atoms with Gasteiger partial charge in [0.2, 0.25) is 11.8 Å². The normalized spacial score (nSPS) is 28.4. The van der Waals surface area contributed by atoms with E-state index in [1.807, 2.05) is 0 Å². The van der Waals surface area contributed by atoms with Crippen LogP contribution in [0.3, 0.4) is 0 Å². The summed E-state index contributed by atoms with van der Waals surface area (Å²) in [7, 11) is 0. The molecular formula is C30H18Cl4N4O6. The van der Waals surface area contributed by atoms with E-state index in [1.54, 1.807) is 34.3 Å². The third-order valence-electron chi connectivity index (χ3n) is 8.72. The van der Waals surface area contributed by atoms with Crippen molar-refractivity contribution >= 4 is 81.4 Å². The third kappa shape index (κ3) is 3.70. The molecule has 14 heteroatoms. The van der Waals surface area contributed by atoms with Crippen LogP contribution in [0.4, 0.5) is 11.4 Å². The molecule has 44 heavy (non-hydrogen) atoms. The summed E-state index contributed by atoms with van der Waals surface area (Å²) >= 11 is 24.7. The molecule has 8 rings (SSSR count). The zero-order valence-corrected chi connectivity index (χ0v) is 25.2. The Hall–Kier alpha value is -3.64. The lowest BCUT2D eigenvalue weighted by Crippen LogP contribution is -2.50. The molecule has 4 saturated heterocycles. The van der Waals surface area contributed by atoms with Crippen molar-refractivity contribution in [2.24, 2.45) is 11.8 Å². The zero-order chi connectivity index (χ0) is 30.6. The smallest absolute Gasteiger partial charge is 0.253 e. The number of imide groups is 2. The lowest BCUT2D eigenvalue weighted by Gasteiger charge is -2.34. The molecule has 2 aromatic carbocycles. The molecule has 6 heterocycles. The van der Waals surface area contributed by atoms with E-state index in [9.17, 15) is 19.2 Å². The first-order chi connectivity index (χ1) is 21.2. The third-order valence-corrected chi connectivity index (χ3v) is 10.2. The molecule has 0 bridgehead atoms. The Morgan fingerprint density at radius 3 is 1.25 bits per heavy atom. The van der Waals surface area contributed by atoms with Gasteiger partial charge in [0.15, 0.2) is 0 Å². The molecule has 6 atom stereocenters. The quantitative estimate of drug-likeness (QED) is 0.246. The lowest BCUT2D eigenvalue weighted by molar-refractivity contribution is -0.136. The summed E-state index contributed by atoms with van der Waals surface area (Å²) in [6, 6.07) is 11.7. The Balaban J connectivity index is 1.30. The van der Waals surface area contributed by atoms with Crippen LogP contribution < -0.4 is 9.80 Å². The minimum Gasteiger partial charge on any atom is -0.468 e. The van der Waals surface area contributed by atoms with E-state index in [2.05, 4.69) is 0 Å². The molecular weight excluding hydrogens is 654 g/mol. The number of hydrogen-bond donors (Lipinski definition) is 0. The van der Waals surface area contributed by atoms with Crippen LogP contribution in [0.5, 0.6) is 0 Å². The monoisotopic (exact) mass is 670 g/mol. The molecule has 0 saturated carbocycles. The van der Waals surface area contributed by atoms with Gasteiger partial charge in [-0.3, -0.25) is 19.2 Å². The van der Waals surface area contributed by atoms with Gasteiger partial charge in [0.25, 0.3) is 11.8 Å². The molecule has 2 aromatic heterocycles. The summed E-state index contributed by atoms with van der Waals surface area (Å²) in [6.45, 7) is 0. The molecule has 0 unspecified atom stereocenters. The first-order valence-electron chi connectivity index (χ1n) is 13.5. The first-order valence-corrected chi connectivity index (χ1v) is 15.0. The number of benzene rings is 2. The highest BCUT2D eigenvalue weighted by molar-refractivity contribution is 6.43. The van der Waals surface area contributed by atoms with Crippen molar-refractivity contribution in [2.75, 3.05) is 9.80 Å². The highest BCUT2D eigenvalue weighted by atomic mass is 35.5. The number of furan rings is 2. The topological polar surface area (TPSA) is 108 Å². The van der Waals surface area contributed by atoms with Crippen molar-refractivity contribution in [3.8, 4) is 0 Å². The minimum absolute atomic E-state index is 0.175. The maximum absolute atomic E-state index is 14.3. The van der Waals surface area contributed by atoms with Crippen LogP contribution in [0.25, 0.3) is 0 Å². The van der Waals surface area contributed by atoms with Gasteiger partial charge < -0.3 is 8.83 Å². The van der Waals surface area contributed by atoms with E-state index < -0.39 is 59.6 Å². The first kappa shape index (κ1) is 27.9. The molecule has 10 nitrogen and oxygen atoms in total. The van der Waals surface area contributed by atoms with Crippen LogP contribution in [0.15, 0.2) is 82.0 Å². The summed E-state index contributed by atoms with van der Waals surface area (Å²) < 4.78 is 11.6. The van der Waals surface area contributed by atoms with Gasteiger partial charge in [0, 0.05) is 0 Å². The average molecular weight is 672 g/mol. The van der Waals surface area contributed by atoms with E-state index in [4.69, 9.17) is 55.2 Å². The van der Waals surface area contributed by atoms with E-state index in [0.717, 1.165) is 9.80 Å². The van der Waals surface area contributed by atoms with Crippen LogP contribution in [-0.4, -0.2) is 45.7 Å². The van der Waals surface area contributed by atoms with Crippen LogP contribution in [-0.2, 0) is 19.2 Å². The number of nitrogens with zero attached hydrogens (tertiary/aromatic N) is 4. The van der Waals surface area contributed by atoms with E-state index in [-0.39, 0.29) is 31.5 Å². The Bertz CT molecular complexity index is 1750. The van der Waals surface area contributed by atoms with Gasteiger partial charge >= 0.3 is 0 Å². The molecule has 0 N–H and O–H groups in total. The molecule has 4 aliphatic heterocycles. The summed E-state index contributed by atoms with van der Waals surface area (Å²) in [5, 5.41) is 4.20. The number of hydrogen-bond acceptors (Lipinski definition) is 8. The number of fused-ring (bicyclic) bond motifs is 5. The summed E-state index contributed by atoms with van der Waals surface area (Å²) in [5.74, 6) is -3.40.